The summed E-state index contributed by atoms with van der Waals surface area (Å²) < 4.78 is 5.97. The van der Waals surface area contributed by atoms with Crippen molar-refractivity contribution in [3.05, 3.63) is 64.3 Å². The number of rotatable bonds is 4. The molecule has 4 nitrogen and oxygen atoms in total. The average molecular weight is 398 g/mol. The van der Waals surface area contributed by atoms with Gasteiger partial charge in [0.05, 0.1) is 11.1 Å². The molecule has 0 saturated heterocycles. The van der Waals surface area contributed by atoms with Gasteiger partial charge in [0.25, 0.3) is 0 Å². The number of hydrogen-bond acceptors (Lipinski definition) is 3. The van der Waals surface area contributed by atoms with Gasteiger partial charge in [-0.05, 0) is 70.0 Å². The quantitative estimate of drug-likeness (QED) is 0.576. The number of aromatic nitrogens is 1. The van der Waals surface area contributed by atoms with E-state index in [4.69, 9.17) is 16.3 Å². The fourth-order valence-corrected chi connectivity index (χ4v) is 3.48. The standard InChI is InChI=1S/C23H24ClNO3/c1-13-6-11-18-17(12-13)20(15-7-9-16(24)10-8-15)19(14(2)25-18)21(22(26)27)28-23(3,4)5/h6-12,21H,1-5H3,(H,26,27)/t21-/m0/s1. The van der Waals surface area contributed by atoms with Gasteiger partial charge in [0.2, 0.25) is 0 Å². The van der Waals surface area contributed by atoms with E-state index in [-0.39, 0.29) is 0 Å². The second-order valence-corrected chi connectivity index (χ2v) is 8.40. The molecule has 0 aliphatic carbocycles. The van der Waals surface area contributed by atoms with Crippen LogP contribution < -0.4 is 0 Å². The summed E-state index contributed by atoms with van der Waals surface area (Å²) in [7, 11) is 0. The van der Waals surface area contributed by atoms with Crippen LogP contribution in [0.25, 0.3) is 22.0 Å². The monoisotopic (exact) mass is 397 g/mol. The maximum atomic E-state index is 12.2. The molecule has 0 saturated carbocycles. The van der Waals surface area contributed by atoms with Crippen LogP contribution in [0.15, 0.2) is 42.5 Å². The number of carboxylic acid groups (broad SMARTS) is 1. The predicted molar refractivity (Wildman–Crippen MR) is 113 cm³/mol. The lowest BCUT2D eigenvalue weighted by Crippen LogP contribution is -2.28. The second kappa shape index (κ2) is 7.53. The number of aryl methyl sites for hydroxylation is 2. The van der Waals surface area contributed by atoms with Crippen LogP contribution in [0.4, 0.5) is 0 Å². The Morgan fingerprint density at radius 2 is 1.75 bits per heavy atom. The lowest BCUT2D eigenvalue weighted by atomic mass is 9.90. The van der Waals surface area contributed by atoms with E-state index in [0.717, 1.165) is 27.6 Å². The van der Waals surface area contributed by atoms with Crippen molar-refractivity contribution in [3.8, 4) is 11.1 Å². The van der Waals surface area contributed by atoms with Gasteiger partial charge in [0.15, 0.2) is 6.10 Å². The summed E-state index contributed by atoms with van der Waals surface area (Å²) >= 11 is 6.08. The largest absolute Gasteiger partial charge is 0.479 e. The third-order valence-electron chi connectivity index (χ3n) is 4.46. The van der Waals surface area contributed by atoms with Crippen molar-refractivity contribution in [2.75, 3.05) is 0 Å². The first-order valence-electron chi connectivity index (χ1n) is 9.14. The zero-order valence-electron chi connectivity index (χ0n) is 16.7. The van der Waals surface area contributed by atoms with Crippen molar-refractivity contribution in [1.29, 1.82) is 0 Å². The van der Waals surface area contributed by atoms with Gasteiger partial charge in [-0.25, -0.2) is 4.79 Å². The Bertz CT molecular complexity index is 1040. The molecule has 0 amide bonds. The first-order chi connectivity index (χ1) is 13.1. The fourth-order valence-electron chi connectivity index (χ4n) is 3.35. The Morgan fingerprint density at radius 3 is 2.32 bits per heavy atom. The lowest BCUT2D eigenvalue weighted by molar-refractivity contribution is -0.160. The van der Waals surface area contributed by atoms with E-state index >= 15 is 0 Å². The van der Waals surface area contributed by atoms with Crippen molar-refractivity contribution in [2.24, 2.45) is 0 Å². The Labute approximate surface area is 170 Å². The minimum atomic E-state index is -1.14. The highest BCUT2D eigenvalue weighted by Crippen LogP contribution is 2.39. The molecule has 0 aliphatic rings. The third-order valence-corrected chi connectivity index (χ3v) is 4.71. The molecule has 28 heavy (non-hydrogen) atoms. The van der Waals surface area contributed by atoms with Gasteiger partial charge in [-0.3, -0.25) is 4.98 Å². The van der Waals surface area contributed by atoms with E-state index in [1.54, 1.807) is 12.1 Å². The molecule has 0 radical (unpaired) electrons. The number of nitrogens with zero attached hydrogens (tertiary/aromatic N) is 1. The maximum Gasteiger partial charge on any atom is 0.337 e. The molecular formula is C23H24ClNO3. The number of aliphatic carboxylic acids is 1. The number of carbonyl (C=O) groups is 1. The van der Waals surface area contributed by atoms with Crippen molar-refractivity contribution in [2.45, 2.75) is 46.3 Å². The van der Waals surface area contributed by atoms with E-state index in [1.807, 2.05) is 65.0 Å². The van der Waals surface area contributed by atoms with Crippen LogP contribution in [0, 0.1) is 13.8 Å². The number of pyridine rings is 1. The number of halogens is 1. The van der Waals surface area contributed by atoms with E-state index in [0.29, 0.717) is 16.3 Å². The molecule has 0 bridgehead atoms. The van der Waals surface area contributed by atoms with Crippen molar-refractivity contribution >= 4 is 28.5 Å². The van der Waals surface area contributed by atoms with Gasteiger partial charge in [-0.2, -0.15) is 0 Å². The highest BCUT2D eigenvalue weighted by molar-refractivity contribution is 6.30. The molecule has 1 atom stereocenters. The van der Waals surface area contributed by atoms with Gasteiger partial charge in [0, 0.05) is 21.7 Å². The Balaban J connectivity index is 2.40. The lowest BCUT2D eigenvalue weighted by Gasteiger charge is -2.28. The van der Waals surface area contributed by atoms with E-state index in [2.05, 4.69) is 4.98 Å². The van der Waals surface area contributed by atoms with E-state index in [1.165, 1.54) is 0 Å². The molecule has 1 aromatic heterocycles. The van der Waals surface area contributed by atoms with Crippen LogP contribution in [0.1, 0.15) is 43.7 Å². The van der Waals surface area contributed by atoms with Crippen molar-refractivity contribution in [3.63, 3.8) is 0 Å². The first kappa shape index (κ1) is 20.3. The number of benzene rings is 2. The summed E-state index contributed by atoms with van der Waals surface area (Å²) in [6.45, 7) is 9.37. The molecule has 2 aromatic carbocycles. The fraction of sp³-hybridized carbons (Fsp3) is 0.304. The molecule has 0 aliphatic heterocycles. The van der Waals surface area contributed by atoms with Crippen LogP contribution in [0.2, 0.25) is 5.02 Å². The summed E-state index contributed by atoms with van der Waals surface area (Å²) in [4.78, 5) is 16.9. The molecule has 1 heterocycles. The molecule has 146 valence electrons. The molecule has 0 unspecified atom stereocenters. The Hall–Kier alpha value is -2.43. The van der Waals surface area contributed by atoms with E-state index < -0.39 is 17.7 Å². The van der Waals surface area contributed by atoms with Crippen LogP contribution in [-0.2, 0) is 9.53 Å². The SMILES string of the molecule is Cc1ccc2nc(C)c([C@H](OC(C)(C)C)C(=O)O)c(-c3ccc(Cl)cc3)c2c1. The topological polar surface area (TPSA) is 59.4 Å². The maximum absolute atomic E-state index is 12.2. The Morgan fingerprint density at radius 1 is 1.11 bits per heavy atom. The summed E-state index contributed by atoms with van der Waals surface area (Å²) in [5, 5.41) is 11.5. The molecule has 3 aromatic rings. The predicted octanol–water partition coefficient (Wildman–Crippen LogP) is 6.11. The van der Waals surface area contributed by atoms with E-state index in [9.17, 15) is 9.90 Å². The summed E-state index contributed by atoms with van der Waals surface area (Å²) in [6, 6.07) is 13.4. The highest BCUT2D eigenvalue weighted by Gasteiger charge is 2.32. The summed E-state index contributed by atoms with van der Waals surface area (Å²) in [5.41, 5.74) is 4.16. The molecule has 1 N–H and O–H groups in total. The normalized spacial score (nSPS) is 12.9. The number of hydrogen-bond donors (Lipinski definition) is 1. The summed E-state index contributed by atoms with van der Waals surface area (Å²) in [5.74, 6) is -1.04. The second-order valence-electron chi connectivity index (χ2n) is 7.96. The van der Waals surface area contributed by atoms with Crippen molar-refractivity contribution in [1.82, 2.24) is 4.98 Å². The first-order valence-corrected chi connectivity index (χ1v) is 9.52. The average Bonchev–Trinajstić information content (AvgIpc) is 2.59. The zero-order chi connectivity index (χ0) is 20.6. The van der Waals surface area contributed by atoms with Crippen LogP contribution >= 0.6 is 11.6 Å². The van der Waals surface area contributed by atoms with Crippen LogP contribution in [0.3, 0.4) is 0 Å². The minimum Gasteiger partial charge on any atom is -0.479 e. The van der Waals surface area contributed by atoms with Crippen molar-refractivity contribution < 1.29 is 14.6 Å². The zero-order valence-corrected chi connectivity index (χ0v) is 17.5. The molecule has 0 spiro atoms. The molecule has 3 rings (SSSR count). The van der Waals surface area contributed by atoms with Gasteiger partial charge in [-0.1, -0.05) is 35.4 Å². The number of fused-ring (bicyclic) bond motifs is 1. The number of carboxylic acids is 1. The van der Waals surface area contributed by atoms with Crippen LogP contribution in [-0.4, -0.2) is 21.7 Å². The molecule has 0 fully saturated rings. The van der Waals surface area contributed by atoms with Gasteiger partial charge < -0.3 is 9.84 Å². The summed E-state index contributed by atoms with van der Waals surface area (Å²) in [6.07, 6.45) is -1.14. The minimum absolute atomic E-state index is 0.572. The van der Waals surface area contributed by atoms with Gasteiger partial charge in [0.1, 0.15) is 0 Å². The van der Waals surface area contributed by atoms with Gasteiger partial charge >= 0.3 is 5.97 Å². The Kier molecular flexibility index (Phi) is 5.46. The molecule has 5 heteroatoms. The highest BCUT2D eigenvalue weighted by atomic mass is 35.5. The van der Waals surface area contributed by atoms with Gasteiger partial charge in [-0.15, -0.1) is 0 Å². The molecular weight excluding hydrogens is 374 g/mol. The van der Waals surface area contributed by atoms with Crippen LogP contribution in [0.5, 0.6) is 0 Å². The third kappa shape index (κ3) is 4.18. The number of ether oxygens (including phenoxy) is 1. The smallest absolute Gasteiger partial charge is 0.337 e.